The molecule has 0 aliphatic heterocycles. The molecule has 0 radical (unpaired) electrons. The van der Waals surface area contributed by atoms with Gasteiger partial charge >= 0.3 is 0 Å². The highest BCUT2D eigenvalue weighted by molar-refractivity contribution is 7.18. The largest absolute Gasteiger partial charge is 0.390 e. The first-order valence-corrected chi connectivity index (χ1v) is 6.99. The second-order valence-corrected chi connectivity index (χ2v) is 5.59. The van der Waals surface area contributed by atoms with E-state index in [4.69, 9.17) is 10.5 Å². The van der Waals surface area contributed by atoms with Crippen molar-refractivity contribution in [2.24, 2.45) is 5.92 Å². The lowest BCUT2D eigenvalue weighted by Gasteiger charge is -2.03. The maximum Gasteiger partial charge on any atom is 0.254 e. The first-order valence-electron chi connectivity index (χ1n) is 6.18. The summed E-state index contributed by atoms with van der Waals surface area (Å²) in [6.45, 7) is 4.76. The van der Waals surface area contributed by atoms with Crippen LogP contribution in [-0.4, -0.2) is 32.0 Å². The van der Waals surface area contributed by atoms with Gasteiger partial charge in [0.1, 0.15) is 0 Å². The van der Waals surface area contributed by atoms with Crippen LogP contribution in [0, 0.1) is 5.92 Å². The highest BCUT2D eigenvalue weighted by atomic mass is 32.1. The number of anilines is 1. The SMILES string of the molecule is COCCCNC(=O)c1cc(C(=O)C(C)C)sc1N. The van der Waals surface area contributed by atoms with Gasteiger partial charge in [-0.2, -0.15) is 0 Å². The molecule has 0 saturated carbocycles. The zero-order chi connectivity index (χ0) is 14.4. The number of rotatable bonds is 7. The number of nitrogens with two attached hydrogens (primary N) is 1. The van der Waals surface area contributed by atoms with E-state index >= 15 is 0 Å². The Morgan fingerprint density at radius 1 is 1.47 bits per heavy atom. The van der Waals surface area contributed by atoms with Crippen LogP contribution in [0.15, 0.2) is 6.07 Å². The topological polar surface area (TPSA) is 81.4 Å². The van der Waals surface area contributed by atoms with Crippen LogP contribution >= 0.6 is 11.3 Å². The fraction of sp³-hybridized carbons (Fsp3) is 0.538. The Hall–Kier alpha value is -1.40. The van der Waals surface area contributed by atoms with E-state index in [1.165, 1.54) is 11.3 Å². The molecule has 19 heavy (non-hydrogen) atoms. The number of carbonyl (C=O) groups excluding carboxylic acids is 2. The molecule has 0 unspecified atom stereocenters. The van der Waals surface area contributed by atoms with Gasteiger partial charge in [-0.25, -0.2) is 0 Å². The van der Waals surface area contributed by atoms with Crippen LogP contribution in [0.5, 0.6) is 0 Å². The maximum atomic E-state index is 11.9. The van der Waals surface area contributed by atoms with Crippen molar-refractivity contribution in [2.75, 3.05) is 26.0 Å². The minimum absolute atomic E-state index is 0.00938. The first-order chi connectivity index (χ1) is 8.97. The Balaban J connectivity index is 2.68. The lowest BCUT2D eigenvalue weighted by Crippen LogP contribution is -2.25. The number of nitrogen functional groups attached to an aromatic ring is 1. The first kappa shape index (κ1) is 15.7. The quantitative estimate of drug-likeness (QED) is 0.592. The third-order valence-electron chi connectivity index (χ3n) is 2.58. The minimum atomic E-state index is -0.243. The predicted molar refractivity (Wildman–Crippen MR) is 76.7 cm³/mol. The van der Waals surface area contributed by atoms with E-state index < -0.39 is 0 Å². The molecular formula is C13H20N2O3S. The molecule has 0 fully saturated rings. The molecule has 0 atom stereocenters. The normalized spacial score (nSPS) is 10.7. The number of ketones is 1. The van der Waals surface area contributed by atoms with E-state index in [1.54, 1.807) is 13.2 Å². The summed E-state index contributed by atoms with van der Waals surface area (Å²) < 4.78 is 4.90. The molecule has 0 saturated heterocycles. The fourth-order valence-corrected chi connectivity index (χ4v) is 2.51. The van der Waals surface area contributed by atoms with E-state index in [2.05, 4.69) is 5.32 Å². The average Bonchev–Trinajstić information content (AvgIpc) is 2.75. The number of hydrogen-bond donors (Lipinski definition) is 2. The van der Waals surface area contributed by atoms with Gasteiger partial charge in [-0.15, -0.1) is 11.3 Å². The standard InChI is InChI=1S/C13H20N2O3S/c1-8(2)11(16)10-7-9(12(14)19-10)13(17)15-5-4-6-18-3/h7-8H,4-6,14H2,1-3H3,(H,15,17). The van der Waals surface area contributed by atoms with Crippen LogP contribution in [0.2, 0.25) is 0 Å². The van der Waals surface area contributed by atoms with E-state index in [1.807, 2.05) is 13.8 Å². The summed E-state index contributed by atoms with van der Waals surface area (Å²) in [6, 6.07) is 1.58. The number of amides is 1. The molecule has 106 valence electrons. The molecule has 3 N–H and O–H groups in total. The van der Waals surface area contributed by atoms with Crippen molar-refractivity contribution < 1.29 is 14.3 Å². The molecule has 1 rings (SSSR count). The molecule has 1 amide bonds. The summed E-state index contributed by atoms with van der Waals surface area (Å²) in [5.41, 5.74) is 6.17. The van der Waals surface area contributed by atoms with Crippen LogP contribution in [-0.2, 0) is 4.74 Å². The van der Waals surface area contributed by atoms with Crippen molar-refractivity contribution >= 4 is 28.0 Å². The third-order valence-corrected chi connectivity index (χ3v) is 3.56. The molecule has 0 spiro atoms. The van der Waals surface area contributed by atoms with E-state index in [9.17, 15) is 9.59 Å². The number of thiophene rings is 1. The van der Waals surface area contributed by atoms with Gasteiger partial charge in [0.25, 0.3) is 5.91 Å². The number of carbonyl (C=O) groups is 2. The second kappa shape index (κ2) is 7.25. The van der Waals surface area contributed by atoms with Gasteiger partial charge in [-0.1, -0.05) is 13.8 Å². The van der Waals surface area contributed by atoms with Gasteiger partial charge in [0.15, 0.2) is 5.78 Å². The molecule has 1 aromatic rings. The van der Waals surface area contributed by atoms with Gasteiger partial charge in [0.2, 0.25) is 0 Å². The Labute approximate surface area is 117 Å². The zero-order valence-corrected chi connectivity index (χ0v) is 12.3. The van der Waals surface area contributed by atoms with E-state index in [0.29, 0.717) is 28.6 Å². The van der Waals surface area contributed by atoms with Gasteiger partial charge in [0.05, 0.1) is 15.4 Å². The second-order valence-electron chi connectivity index (χ2n) is 4.51. The molecule has 5 nitrogen and oxygen atoms in total. The van der Waals surface area contributed by atoms with E-state index in [0.717, 1.165) is 6.42 Å². The Bertz CT molecular complexity index is 455. The van der Waals surface area contributed by atoms with Crippen molar-refractivity contribution in [3.05, 3.63) is 16.5 Å². The fourth-order valence-electron chi connectivity index (χ4n) is 1.50. The van der Waals surface area contributed by atoms with Crippen molar-refractivity contribution in [3.8, 4) is 0 Å². The summed E-state index contributed by atoms with van der Waals surface area (Å²) in [5.74, 6) is -0.335. The Morgan fingerprint density at radius 3 is 2.74 bits per heavy atom. The molecule has 0 aliphatic rings. The molecule has 0 aliphatic carbocycles. The van der Waals surface area contributed by atoms with Crippen molar-refractivity contribution in [1.29, 1.82) is 0 Å². The predicted octanol–water partition coefficient (Wildman–Crippen LogP) is 1.94. The third kappa shape index (κ3) is 4.33. The number of methoxy groups -OCH3 is 1. The monoisotopic (exact) mass is 284 g/mol. The van der Waals surface area contributed by atoms with Crippen LogP contribution < -0.4 is 11.1 Å². The van der Waals surface area contributed by atoms with Crippen molar-refractivity contribution in [2.45, 2.75) is 20.3 Å². The number of ether oxygens (including phenoxy) is 1. The maximum absolute atomic E-state index is 11.9. The summed E-state index contributed by atoms with van der Waals surface area (Å²) in [4.78, 5) is 24.3. The van der Waals surface area contributed by atoms with Crippen LogP contribution in [0.3, 0.4) is 0 Å². The van der Waals surface area contributed by atoms with Crippen molar-refractivity contribution in [3.63, 3.8) is 0 Å². The van der Waals surface area contributed by atoms with Gasteiger partial charge < -0.3 is 15.8 Å². The van der Waals surface area contributed by atoms with Crippen LogP contribution in [0.4, 0.5) is 5.00 Å². The smallest absolute Gasteiger partial charge is 0.254 e. The zero-order valence-electron chi connectivity index (χ0n) is 11.5. The Kier molecular flexibility index (Phi) is 5.98. The molecule has 1 aromatic heterocycles. The van der Waals surface area contributed by atoms with Gasteiger partial charge in [-0.05, 0) is 12.5 Å². The van der Waals surface area contributed by atoms with Crippen molar-refractivity contribution in [1.82, 2.24) is 5.32 Å². The summed E-state index contributed by atoms with van der Waals surface area (Å²) in [6.07, 6.45) is 0.740. The van der Waals surface area contributed by atoms with Crippen LogP contribution in [0.25, 0.3) is 0 Å². The Morgan fingerprint density at radius 2 is 2.16 bits per heavy atom. The molecule has 1 heterocycles. The van der Waals surface area contributed by atoms with Gasteiger partial charge in [0, 0.05) is 26.2 Å². The highest BCUT2D eigenvalue weighted by Gasteiger charge is 2.19. The van der Waals surface area contributed by atoms with Gasteiger partial charge in [-0.3, -0.25) is 9.59 Å². The number of nitrogens with one attached hydrogen (secondary N) is 1. The molecule has 0 bridgehead atoms. The number of hydrogen-bond acceptors (Lipinski definition) is 5. The summed E-state index contributed by atoms with van der Waals surface area (Å²) >= 11 is 1.17. The molecule has 0 aromatic carbocycles. The molecule has 6 heteroatoms. The summed E-state index contributed by atoms with van der Waals surface area (Å²) in [5, 5.41) is 3.14. The average molecular weight is 284 g/mol. The molecular weight excluding hydrogens is 264 g/mol. The minimum Gasteiger partial charge on any atom is -0.390 e. The van der Waals surface area contributed by atoms with E-state index in [-0.39, 0.29) is 17.6 Å². The number of Topliss-reactive ketones (excluding diaryl/α,β-unsaturated/α-hetero) is 1. The lowest BCUT2D eigenvalue weighted by molar-refractivity contribution is 0.0943. The summed E-state index contributed by atoms with van der Waals surface area (Å²) in [7, 11) is 1.61. The van der Waals surface area contributed by atoms with Crippen LogP contribution in [0.1, 0.15) is 40.3 Å². The lowest BCUT2D eigenvalue weighted by atomic mass is 10.1. The highest BCUT2D eigenvalue weighted by Crippen LogP contribution is 2.27.